The highest BCUT2D eigenvalue weighted by Crippen LogP contribution is 2.19. The Hall–Kier alpha value is -1.65. The summed E-state index contributed by atoms with van der Waals surface area (Å²) >= 11 is 0. The van der Waals surface area contributed by atoms with Gasteiger partial charge < -0.3 is 9.47 Å². The lowest BCUT2D eigenvalue weighted by molar-refractivity contribution is -0.0809. The highest BCUT2D eigenvalue weighted by Gasteiger charge is 2.22. The van der Waals surface area contributed by atoms with Crippen molar-refractivity contribution in [3.8, 4) is 11.5 Å². The molecule has 0 aliphatic rings. The molecule has 82 valence electrons. The summed E-state index contributed by atoms with van der Waals surface area (Å²) in [6.45, 7) is 0. The van der Waals surface area contributed by atoms with Crippen molar-refractivity contribution in [2.75, 3.05) is 7.11 Å². The van der Waals surface area contributed by atoms with Crippen LogP contribution in [0.4, 0.5) is 13.2 Å². The number of rotatable bonds is 3. The van der Waals surface area contributed by atoms with Crippen LogP contribution in [0.3, 0.4) is 0 Å². The second kappa shape index (κ2) is 4.72. The molecule has 0 aliphatic heterocycles. The fourth-order valence-electron chi connectivity index (χ4n) is 0.844. The van der Waals surface area contributed by atoms with E-state index in [4.69, 9.17) is 9.47 Å². The summed E-state index contributed by atoms with van der Waals surface area (Å²) in [7, 11) is 1.50. The largest absolute Gasteiger partial charge is 0.497 e. The first-order valence-corrected chi connectivity index (χ1v) is 4.06. The van der Waals surface area contributed by atoms with Crippen molar-refractivity contribution in [1.29, 1.82) is 0 Å². The fraction of sp³-hybridized carbons (Fsp3) is 0.200. The monoisotopic (exact) mass is 218 g/mol. The second-order valence-electron chi connectivity index (χ2n) is 2.64. The van der Waals surface area contributed by atoms with Crippen molar-refractivity contribution >= 4 is 0 Å². The Balaban J connectivity index is 2.55. The number of methoxy groups -OCH3 is 1. The molecule has 0 heterocycles. The van der Waals surface area contributed by atoms with Gasteiger partial charge in [-0.15, -0.1) is 0 Å². The van der Waals surface area contributed by atoms with Gasteiger partial charge in [0.05, 0.1) is 19.4 Å². The van der Waals surface area contributed by atoms with Gasteiger partial charge in [0.15, 0.2) is 0 Å². The Morgan fingerprint density at radius 1 is 1.07 bits per heavy atom. The standard InChI is InChI=1S/C10H9F3O2/c1-14-8-2-4-9(5-3-8)15-7-6-10(11,12)13/h2-7H,1H3/b7-6-. The summed E-state index contributed by atoms with van der Waals surface area (Å²) in [4.78, 5) is 0. The number of hydrogen-bond donors (Lipinski definition) is 0. The van der Waals surface area contributed by atoms with Crippen molar-refractivity contribution in [3.63, 3.8) is 0 Å². The molecule has 0 N–H and O–H groups in total. The Morgan fingerprint density at radius 2 is 1.60 bits per heavy atom. The molecule has 2 nitrogen and oxygen atoms in total. The molecule has 0 unspecified atom stereocenters. The molecular weight excluding hydrogens is 209 g/mol. The van der Waals surface area contributed by atoms with E-state index < -0.39 is 6.18 Å². The third-order valence-electron chi connectivity index (χ3n) is 1.52. The quantitative estimate of drug-likeness (QED) is 0.725. The van der Waals surface area contributed by atoms with E-state index in [1.54, 1.807) is 12.1 Å². The zero-order chi connectivity index (χ0) is 11.3. The van der Waals surface area contributed by atoms with Crippen molar-refractivity contribution in [3.05, 3.63) is 36.6 Å². The van der Waals surface area contributed by atoms with E-state index in [2.05, 4.69) is 0 Å². The number of ether oxygens (including phenoxy) is 2. The molecule has 1 aromatic rings. The summed E-state index contributed by atoms with van der Waals surface area (Å²) in [6.07, 6.45) is -3.73. The Kier molecular flexibility index (Phi) is 3.60. The summed E-state index contributed by atoms with van der Waals surface area (Å²) in [6, 6.07) is 6.21. The van der Waals surface area contributed by atoms with Crippen LogP contribution in [0.2, 0.25) is 0 Å². The smallest absolute Gasteiger partial charge is 0.412 e. The van der Waals surface area contributed by atoms with E-state index in [-0.39, 0.29) is 6.08 Å². The summed E-state index contributed by atoms with van der Waals surface area (Å²) in [5.74, 6) is 0.929. The molecule has 0 saturated carbocycles. The lowest BCUT2D eigenvalue weighted by Gasteiger charge is -2.02. The number of halogens is 3. The predicted octanol–water partition coefficient (Wildman–Crippen LogP) is 3.15. The van der Waals surface area contributed by atoms with E-state index >= 15 is 0 Å². The average Bonchev–Trinajstić information content (AvgIpc) is 2.17. The van der Waals surface area contributed by atoms with Gasteiger partial charge >= 0.3 is 6.18 Å². The number of benzene rings is 1. The minimum absolute atomic E-state index is 0.0250. The van der Waals surface area contributed by atoms with Crippen LogP contribution in [0.15, 0.2) is 36.6 Å². The third-order valence-corrected chi connectivity index (χ3v) is 1.52. The first-order valence-electron chi connectivity index (χ1n) is 4.06. The van der Waals surface area contributed by atoms with Gasteiger partial charge in [0.1, 0.15) is 11.5 Å². The first-order chi connectivity index (χ1) is 7.01. The van der Waals surface area contributed by atoms with E-state index in [1.165, 1.54) is 19.2 Å². The SMILES string of the molecule is COc1ccc(O/C=C\C(F)(F)F)cc1. The molecule has 5 heteroatoms. The molecule has 0 fully saturated rings. The number of alkyl halides is 3. The van der Waals surface area contributed by atoms with E-state index in [9.17, 15) is 13.2 Å². The van der Waals surface area contributed by atoms with Gasteiger partial charge in [-0.25, -0.2) is 0 Å². The second-order valence-corrected chi connectivity index (χ2v) is 2.64. The van der Waals surface area contributed by atoms with E-state index in [0.717, 1.165) is 0 Å². The summed E-state index contributed by atoms with van der Waals surface area (Å²) in [5, 5.41) is 0. The predicted molar refractivity (Wildman–Crippen MR) is 48.8 cm³/mol. The maximum Gasteiger partial charge on any atom is 0.412 e. The minimum Gasteiger partial charge on any atom is -0.497 e. The van der Waals surface area contributed by atoms with E-state index in [0.29, 0.717) is 17.8 Å². The van der Waals surface area contributed by atoms with Gasteiger partial charge in [0.25, 0.3) is 0 Å². The van der Waals surface area contributed by atoms with Gasteiger partial charge in [0.2, 0.25) is 0 Å². The van der Waals surface area contributed by atoms with Gasteiger partial charge in [-0.3, -0.25) is 0 Å². The summed E-state index contributed by atoms with van der Waals surface area (Å²) in [5.41, 5.74) is 0. The lowest BCUT2D eigenvalue weighted by atomic mass is 10.3. The maximum atomic E-state index is 11.7. The molecule has 1 aromatic carbocycles. The molecule has 1 rings (SSSR count). The topological polar surface area (TPSA) is 18.5 Å². The summed E-state index contributed by atoms with van der Waals surface area (Å²) < 4.78 is 44.7. The van der Waals surface area contributed by atoms with Crippen LogP contribution in [-0.4, -0.2) is 13.3 Å². The van der Waals surface area contributed by atoms with Crippen molar-refractivity contribution in [1.82, 2.24) is 0 Å². The highest BCUT2D eigenvalue weighted by molar-refractivity contribution is 5.31. The Morgan fingerprint density at radius 3 is 2.07 bits per heavy atom. The van der Waals surface area contributed by atoms with E-state index in [1.807, 2.05) is 0 Å². The van der Waals surface area contributed by atoms with Crippen LogP contribution in [-0.2, 0) is 0 Å². The van der Waals surface area contributed by atoms with Crippen LogP contribution in [0, 0.1) is 0 Å². The number of allylic oxidation sites excluding steroid dienone is 1. The van der Waals surface area contributed by atoms with Crippen molar-refractivity contribution < 1.29 is 22.6 Å². The van der Waals surface area contributed by atoms with Gasteiger partial charge in [-0.2, -0.15) is 13.2 Å². The van der Waals surface area contributed by atoms with Crippen LogP contribution < -0.4 is 9.47 Å². The Labute approximate surface area is 84.9 Å². The molecule has 0 aliphatic carbocycles. The van der Waals surface area contributed by atoms with Crippen LogP contribution in [0.1, 0.15) is 0 Å². The van der Waals surface area contributed by atoms with Gasteiger partial charge in [-0.05, 0) is 24.3 Å². The van der Waals surface area contributed by atoms with Crippen molar-refractivity contribution in [2.45, 2.75) is 6.18 Å². The average molecular weight is 218 g/mol. The highest BCUT2D eigenvalue weighted by atomic mass is 19.4. The molecule has 0 saturated heterocycles. The van der Waals surface area contributed by atoms with Crippen molar-refractivity contribution in [2.24, 2.45) is 0 Å². The third kappa shape index (κ3) is 4.39. The number of hydrogen-bond acceptors (Lipinski definition) is 2. The normalized spacial score (nSPS) is 11.7. The van der Waals surface area contributed by atoms with Gasteiger partial charge in [0, 0.05) is 0 Å². The molecule has 0 radical (unpaired) electrons. The molecular formula is C10H9F3O2. The molecule has 0 spiro atoms. The molecule has 0 amide bonds. The maximum absolute atomic E-state index is 11.7. The van der Waals surface area contributed by atoms with Crippen LogP contribution >= 0.6 is 0 Å². The molecule has 0 bridgehead atoms. The van der Waals surface area contributed by atoms with Gasteiger partial charge in [-0.1, -0.05) is 0 Å². The molecule has 0 aromatic heterocycles. The zero-order valence-corrected chi connectivity index (χ0v) is 7.91. The minimum atomic E-state index is -4.35. The van der Waals surface area contributed by atoms with Crippen LogP contribution in [0.5, 0.6) is 11.5 Å². The first kappa shape index (κ1) is 11.4. The fourth-order valence-corrected chi connectivity index (χ4v) is 0.844. The van der Waals surface area contributed by atoms with Crippen LogP contribution in [0.25, 0.3) is 0 Å². The zero-order valence-electron chi connectivity index (χ0n) is 7.91. The molecule has 0 atom stereocenters. The molecule has 15 heavy (non-hydrogen) atoms. The lowest BCUT2D eigenvalue weighted by Crippen LogP contribution is -2.01. The Bertz CT molecular complexity index is 328.